The molecule has 1 aliphatic rings. The Morgan fingerprint density at radius 3 is 2.37 bits per heavy atom. The number of halogens is 1. The van der Waals surface area contributed by atoms with Crippen LogP contribution >= 0.6 is 0 Å². The summed E-state index contributed by atoms with van der Waals surface area (Å²) in [4.78, 5) is 24.9. The summed E-state index contributed by atoms with van der Waals surface area (Å²) < 4.78 is 13.9. The summed E-state index contributed by atoms with van der Waals surface area (Å²) in [6.07, 6.45) is 4.07. The maximum absolute atomic E-state index is 13.9. The molecule has 0 radical (unpaired) electrons. The summed E-state index contributed by atoms with van der Waals surface area (Å²) in [5.74, 6) is 0.801. The van der Waals surface area contributed by atoms with Gasteiger partial charge in [0.2, 0.25) is 5.95 Å². The highest BCUT2D eigenvalue weighted by atomic mass is 19.1. The predicted molar refractivity (Wildman–Crippen MR) is 105 cm³/mol. The minimum absolute atomic E-state index is 0.147. The van der Waals surface area contributed by atoms with Crippen LogP contribution < -0.4 is 15.1 Å². The monoisotopic (exact) mass is 371 g/mol. The fourth-order valence-corrected chi connectivity index (χ4v) is 3.03. The number of carbonyl (C=O) groups excluding carboxylic acids is 1. The lowest BCUT2D eigenvalue weighted by Crippen LogP contribution is -2.47. The largest absolute Gasteiger partial charge is 0.366 e. The SMILES string of the molecule is CC(C)CCNC(=O)c1cnc(N2CCN(c3ccccc3F)CC2)nc1. The molecule has 1 amide bonds. The Bertz CT molecular complexity index is 757. The van der Waals surface area contributed by atoms with E-state index < -0.39 is 0 Å². The van der Waals surface area contributed by atoms with Crippen molar-refractivity contribution in [3.05, 3.63) is 48.0 Å². The van der Waals surface area contributed by atoms with Crippen molar-refractivity contribution in [3.8, 4) is 0 Å². The van der Waals surface area contributed by atoms with Gasteiger partial charge in [0, 0.05) is 45.1 Å². The van der Waals surface area contributed by atoms with E-state index in [-0.39, 0.29) is 11.7 Å². The van der Waals surface area contributed by atoms with Crippen LogP contribution in [-0.4, -0.2) is 48.6 Å². The van der Waals surface area contributed by atoms with Crippen LogP contribution in [0.4, 0.5) is 16.0 Å². The van der Waals surface area contributed by atoms with E-state index in [0.717, 1.165) is 6.42 Å². The lowest BCUT2D eigenvalue weighted by Gasteiger charge is -2.36. The number of amides is 1. The highest BCUT2D eigenvalue weighted by molar-refractivity contribution is 5.93. The van der Waals surface area contributed by atoms with Crippen LogP contribution in [0.1, 0.15) is 30.6 Å². The molecule has 1 fully saturated rings. The van der Waals surface area contributed by atoms with Crippen molar-refractivity contribution in [2.24, 2.45) is 5.92 Å². The van der Waals surface area contributed by atoms with E-state index >= 15 is 0 Å². The maximum atomic E-state index is 13.9. The smallest absolute Gasteiger partial charge is 0.254 e. The quantitative estimate of drug-likeness (QED) is 0.846. The van der Waals surface area contributed by atoms with Crippen molar-refractivity contribution in [2.75, 3.05) is 42.5 Å². The Balaban J connectivity index is 1.54. The molecule has 7 heteroatoms. The van der Waals surface area contributed by atoms with E-state index in [9.17, 15) is 9.18 Å². The van der Waals surface area contributed by atoms with Crippen molar-refractivity contribution >= 4 is 17.5 Å². The summed E-state index contributed by atoms with van der Waals surface area (Å²) in [6.45, 7) is 7.69. The molecule has 6 nitrogen and oxygen atoms in total. The number of nitrogens with zero attached hydrogens (tertiary/aromatic N) is 4. The van der Waals surface area contributed by atoms with Gasteiger partial charge in [-0.3, -0.25) is 4.79 Å². The number of hydrogen-bond donors (Lipinski definition) is 1. The molecule has 1 aromatic heterocycles. The van der Waals surface area contributed by atoms with Crippen molar-refractivity contribution in [1.82, 2.24) is 15.3 Å². The summed E-state index contributed by atoms with van der Waals surface area (Å²) >= 11 is 0. The van der Waals surface area contributed by atoms with Crippen LogP contribution in [0.3, 0.4) is 0 Å². The summed E-state index contributed by atoms with van der Waals surface area (Å²) in [6, 6.07) is 6.83. The van der Waals surface area contributed by atoms with Crippen LogP contribution in [0.15, 0.2) is 36.7 Å². The van der Waals surface area contributed by atoms with E-state index in [1.54, 1.807) is 24.5 Å². The second-order valence-corrected chi connectivity index (χ2v) is 7.14. The molecule has 2 aromatic rings. The van der Waals surface area contributed by atoms with Crippen molar-refractivity contribution in [1.29, 1.82) is 0 Å². The van der Waals surface area contributed by atoms with Crippen LogP contribution in [0, 0.1) is 11.7 Å². The molecule has 2 heterocycles. The average Bonchev–Trinajstić information content (AvgIpc) is 2.68. The average molecular weight is 371 g/mol. The molecule has 0 unspecified atom stereocenters. The second-order valence-electron chi connectivity index (χ2n) is 7.14. The number of carbonyl (C=O) groups is 1. The Morgan fingerprint density at radius 1 is 1.11 bits per heavy atom. The maximum Gasteiger partial charge on any atom is 0.254 e. The van der Waals surface area contributed by atoms with Gasteiger partial charge < -0.3 is 15.1 Å². The molecule has 1 N–H and O–H groups in total. The predicted octanol–water partition coefficient (Wildman–Crippen LogP) is 2.72. The number of rotatable bonds is 6. The van der Waals surface area contributed by atoms with Crippen LogP contribution in [-0.2, 0) is 0 Å². The Kier molecular flexibility index (Phi) is 6.21. The van der Waals surface area contributed by atoms with Crippen LogP contribution in [0.5, 0.6) is 0 Å². The molecule has 3 rings (SSSR count). The molecule has 27 heavy (non-hydrogen) atoms. The summed E-state index contributed by atoms with van der Waals surface area (Å²) in [7, 11) is 0. The number of anilines is 2. The van der Waals surface area contributed by atoms with Crippen molar-refractivity contribution < 1.29 is 9.18 Å². The van der Waals surface area contributed by atoms with Crippen molar-refractivity contribution in [2.45, 2.75) is 20.3 Å². The number of piperazine rings is 1. The highest BCUT2D eigenvalue weighted by Crippen LogP contribution is 2.21. The fourth-order valence-electron chi connectivity index (χ4n) is 3.03. The molecular formula is C20H26FN5O. The summed E-state index contributed by atoms with van der Waals surface area (Å²) in [5.41, 5.74) is 1.10. The number of aromatic nitrogens is 2. The molecule has 0 atom stereocenters. The standard InChI is InChI=1S/C20H26FN5O/c1-15(2)7-8-22-19(27)16-13-23-20(24-14-16)26-11-9-25(10-12-26)18-6-4-3-5-17(18)21/h3-6,13-15H,7-12H2,1-2H3,(H,22,27). The third-order valence-corrected chi connectivity index (χ3v) is 4.66. The van der Waals surface area contributed by atoms with E-state index in [0.29, 0.717) is 55.8 Å². The first kappa shape index (κ1) is 19.1. The highest BCUT2D eigenvalue weighted by Gasteiger charge is 2.21. The first-order valence-electron chi connectivity index (χ1n) is 9.39. The number of benzene rings is 1. The van der Waals surface area contributed by atoms with E-state index in [4.69, 9.17) is 0 Å². The zero-order valence-electron chi connectivity index (χ0n) is 15.9. The molecule has 1 aliphatic heterocycles. The van der Waals surface area contributed by atoms with Gasteiger partial charge in [-0.25, -0.2) is 14.4 Å². The van der Waals surface area contributed by atoms with Gasteiger partial charge in [-0.05, 0) is 24.5 Å². The molecular weight excluding hydrogens is 345 g/mol. The third kappa shape index (κ3) is 4.93. The number of nitrogens with one attached hydrogen (secondary N) is 1. The topological polar surface area (TPSA) is 61.4 Å². The molecule has 0 saturated carbocycles. The van der Waals surface area contributed by atoms with Gasteiger partial charge in [0.25, 0.3) is 5.91 Å². The van der Waals surface area contributed by atoms with Crippen LogP contribution in [0.2, 0.25) is 0 Å². The minimum Gasteiger partial charge on any atom is -0.366 e. The van der Waals surface area contributed by atoms with E-state index in [2.05, 4.69) is 34.0 Å². The molecule has 1 saturated heterocycles. The van der Waals surface area contributed by atoms with Gasteiger partial charge in [-0.1, -0.05) is 26.0 Å². The Labute approximate surface area is 159 Å². The Morgan fingerprint density at radius 2 is 1.74 bits per heavy atom. The van der Waals surface area contributed by atoms with Gasteiger partial charge in [-0.15, -0.1) is 0 Å². The van der Waals surface area contributed by atoms with Gasteiger partial charge in [0.05, 0.1) is 11.3 Å². The number of para-hydroxylation sites is 1. The van der Waals surface area contributed by atoms with Crippen LogP contribution in [0.25, 0.3) is 0 Å². The first-order valence-corrected chi connectivity index (χ1v) is 9.39. The third-order valence-electron chi connectivity index (χ3n) is 4.66. The molecule has 144 valence electrons. The molecule has 0 aliphatic carbocycles. The lowest BCUT2D eigenvalue weighted by molar-refractivity contribution is 0.0951. The zero-order chi connectivity index (χ0) is 19.2. The normalized spacial score (nSPS) is 14.5. The van der Waals surface area contributed by atoms with Crippen molar-refractivity contribution in [3.63, 3.8) is 0 Å². The van der Waals surface area contributed by atoms with E-state index in [1.807, 2.05) is 11.0 Å². The van der Waals surface area contributed by atoms with Gasteiger partial charge in [0.15, 0.2) is 0 Å². The zero-order valence-corrected chi connectivity index (χ0v) is 15.9. The Hall–Kier alpha value is -2.70. The van der Waals surface area contributed by atoms with Gasteiger partial charge in [0.1, 0.15) is 5.82 Å². The lowest BCUT2D eigenvalue weighted by atomic mass is 10.1. The fraction of sp³-hybridized carbons (Fsp3) is 0.450. The number of hydrogen-bond acceptors (Lipinski definition) is 5. The molecule has 0 spiro atoms. The molecule has 1 aromatic carbocycles. The summed E-state index contributed by atoms with van der Waals surface area (Å²) in [5, 5.41) is 2.88. The second kappa shape index (κ2) is 8.79. The molecule has 0 bridgehead atoms. The minimum atomic E-state index is -0.199. The van der Waals surface area contributed by atoms with Gasteiger partial charge >= 0.3 is 0 Å². The first-order chi connectivity index (χ1) is 13.0. The van der Waals surface area contributed by atoms with E-state index in [1.165, 1.54) is 6.07 Å². The van der Waals surface area contributed by atoms with Gasteiger partial charge in [-0.2, -0.15) is 0 Å².